The summed E-state index contributed by atoms with van der Waals surface area (Å²) < 4.78 is 21.1. The molecule has 0 aliphatic carbocycles. The van der Waals surface area contributed by atoms with Crippen LogP contribution in [0.2, 0.25) is 0 Å². The maximum absolute atomic E-state index is 12.1. The third-order valence-electron chi connectivity index (χ3n) is 3.81. The average Bonchev–Trinajstić information content (AvgIpc) is 2.64. The molecule has 26 heavy (non-hydrogen) atoms. The molecule has 0 radical (unpaired) electrons. The van der Waals surface area contributed by atoms with Gasteiger partial charge in [-0.15, -0.1) is 0 Å². The Morgan fingerprint density at radius 3 is 1.88 bits per heavy atom. The number of nitrogens with two attached hydrogens (primary N) is 2. The number of benzene rings is 2. The molecule has 0 bridgehead atoms. The molecule has 7 heteroatoms. The first-order chi connectivity index (χ1) is 12.4. The van der Waals surface area contributed by atoms with Gasteiger partial charge in [-0.05, 0) is 41.5 Å². The lowest BCUT2D eigenvalue weighted by molar-refractivity contribution is -0.112. The minimum Gasteiger partial charge on any atom is -0.495 e. The topological polar surface area (TPSA) is 106 Å². The van der Waals surface area contributed by atoms with Gasteiger partial charge < -0.3 is 30.4 Å². The van der Waals surface area contributed by atoms with Gasteiger partial charge in [0.25, 0.3) is 0 Å². The average molecular weight is 358 g/mol. The molecular formula is C19H22N2O5. The SMILES string of the molecule is COc1ccc(/C=C(/C(N)=O)c2cc(OC)c(OC)c(OC)c2)cc1N. The van der Waals surface area contributed by atoms with Crippen LogP contribution in [0.3, 0.4) is 0 Å². The van der Waals surface area contributed by atoms with Crippen molar-refractivity contribution in [1.29, 1.82) is 0 Å². The van der Waals surface area contributed by atoms with E-state index in [1.54, 1.807) is 36.4 Å². The predicted octanol–water partition coefficient (Wildman–Crippen LogP) is 2.33. The van der Waals surface area contributed by atoms with Crippen molar-refractivity contribution in [2.75, 3.05) is 34.2 Å². The standard InChI is InChI=1S/C19H22N2O5/c1-23-15-6-5-11(8-14(15)20)7-13(19(21)22)12-9-16(24-2)18(26-4)17(10-12)25-3/h5-10H,20H2,1-4H3,(H2,21,22)/b13-7+. The molecule has 2 aromatic rings. The molecule has 0 atom stereocenters. The summed E-state index contributed by atoms with van der Waals surface area (Å²) in [5.74, 6) is 1.21. The number of anilines is 1. The zero-order chi connectivity index (χ0) is 19.3. The predicted molar refractivity (Wildman–Crippen MR) is 101 cm³/mol. The van der Waals surface area contributed by atoms with Crippen LogP contribution < -0.4 is 30.4 Å². The Labute approximate surface area is 152 Å². The van der Waals surface area contributed by atoms with Crippen molar-refractivity contribution in [3.63, 3.8) is 0 Å². The molecule has 4 N–H and O–H groups in total. The Morgan fingerprint density at radius 1 is 0.885 bits per heavy atom. The van der Waals surface area contributed by atoms with Crippen molar-refractivity contribution < 1.29 is 23.7 Å². The van der Waals surface area contributed by atoms with Crippen LogP contribution in [0.15, 0.2) is 30.3 Å². The molecule has 0 aromatic heterocycles. The highest BCUT2D eigenvalue weighted by Gasteiger charge is 2.17. The second kappa shape index (κ2) is 8.15. The molecule has 0 saturated heterocycles. The summed E-state index contributed by atoms with van der Waals surface area (Å²) in [6, 6.07) is 8.50. The highest BCUT2D eigenvalue weighted by Crippen LogP contribution is 2.40. The number of carbonyl (C=O) groups excluding carboxylic acids is 1. The maximum Gasteiger partial charge on any atom is 0.249 e. The zero-order valence-electron chi connectivity index (χ0n) is 15.2. The third kappa shape index (κ3) is 3.83. The Kier molecular flexibility index (Phi) is 5.95. The summed E-state index contributed by atoms with van der Waals surface area (Å²) in [5.41, 5.74) is 13.5. The minimum absolute atomic E-state index is 0.272. The summed E-state index contributed by atoms with van der Waals surface area (Å²) in [7, 11) is 6.04. The van der Waals surface area contributed by atoms with Gasteiger partial charge in [0.2, 0.25) is 11.7 Å². The van der Waals surface area contributed by atoms with Gasteiger partial charge in [0, 0.05) is 5.57 Å². The fourth-order valence-electron chi connectivity index (χ4n) is 2.54. The van der Waals surface area contributed by atoms with Crippen LogP contribution in [0, 0.1) is 0 Å². The van der Waals surface area contributed by atoms with E-state index in [9.17, 15) is 4.79 Å². The van der Waals surface area contributed by atoms with Crippen LogP contribution in [0.4, 0.5) is 5.69 Å². The van der Waals surface area contributed by atoms with Crippen LogP contribution in [0.5, 0.6) is 23.0 Å². The third-order valence-corrected chi connectivity index (χ3v) is 3.81. The van der Waals surface area contributed by atoms with E-state index in [1.807, 2.05) is 0 Å². The van der Waals surface area contributed by atoms with Crippen molar-refractivity contribution in [2.45, 2.75) is 0 Å². The molecular weight excluding hydrogens is 336 g/mol. The molecule has 2 rings (SSSR count). The largest absolute Gasteiger partial charge is 0.495 e. The van der Waals surface area contributed by atoms with Crippen LogP contribution >= 0.6 is 0 Å². The van der Waals surface area contributed by atoms with Crippen LogP contribution in [-0.4, -0.2) is 34.3 Å². The number of rotatable bonds is 7. The van der Waals surface area contributed by atoms with Gasteiger partial charge in [-0.25, -0.2) is 0 Å². The Bertz CT molecular complexity index is 821. The van der Waals surface area contributed by atoms with Gasteiger partial charge in [0.05, 0.1) is 34.1 Å². The second-order valence-electron chi connectivity index (χ2n) is 5.34. The number of primary amides is 1. The molecule has 2 aromatic carbocycles. The molecule has 0 saturated carbocycles. The highest BCUT2D eigenvalue weighted by molar-refractivity contribution is 6.23. The normalized spacial score (nSPS) is 11.0. The fraction of sp³-hybridized carbons (Fsp3) is 0.211. The summed E-state index contributed by atoms with van der Waals surface area (Å²) >= 11 is 0. The van der Waals surface area contributed by atoms with Crippen molar-refractivity contribution in [1.82, 2.24) is 0 Å². The molecule has 0 aliphatic heterocycles. The fourth-order valence-corrected chi connectivity index (χ4v) is 2.54. The summed E-state index contributed by atoms with van der Waals surface area (Å²) in [4.78, 5) is 12.1. The number of ether oxygens (including phenoxy) is 4. The van der Waals surface area contributed by atoms with E-state index < -0.39 is 5.91 Å². The first kappa shape index (κ1) is 19.0. The van der Waals surface area contributed by atoms with Gasteiger partial charge in [-0.2, -0.15) is 0 Å². The molecule has 0 aliphatic rings. The van der Waals surface area contributed by atoms with Gasteiger partial charge >= 0.3 is 0 Å². The number of hydrogen-bond donors (Lipinski definition) is 2. The number of methoxy groups -OCH3 is 4. The number of amides is 1. The smallest absolute Gasteiger partial charge is 0.249 e. The Balaban J connectivity index is 2.60. The van der Waals surface area contributed by atoms with E-state index in [-0.39, 0.29) is 5.57 Å². The molecule has 0 unspecified atom stereocenters. The first-order valence-electron chi connectivity index (χ1n) is 7.70. The van der Waals surface area contributed by atoms with Crippen LogP contribution in [0.25, 0.3) is 11.6 Å². The van der Waals surface area contributed by atoms with E-state index >= 15 is 0 Å². The van der Waals surface area contributed by atoms with E-state index in [1.165, 1.54) is 28.4 Å². The number of hydrogen-bond acceptors (Lipinski definition) is 6. The molecule has 7 nitrogen and oxygen atoms in total. The quantitative estimate of drug-likeness (QED) is 0.447. The maximum atomic E-state index is 12.1. The van der Waals surface area contributed by atoms with E-state index in [4.69, 9.17) is 30.4 Å². The second-order valence-corrected chi connectivity index (χ2v) is 5.34. The Morgan fingerprint density at radius 2 is 1.46 bits per heavy atom. The molecule has 0 fully saturated rings. The lowest BCUT2D eigenvalue weighted by Crippen LogP contribution is -2.13. The number of nitrogen functional groups attached to an aromatic ring is 1. The van der Waals surface area contributed by atoms with Gasteiger partial charge in [0.1, 0.15) is 5.75 Å². The molecule has 138 valence electrons. The minimum atomic E-state index is -0.603. The van der Waals surface area contributed by atoms with E-state index in [0.29, 0.717) is 39.8 Å². The van der Waals surface area contributed by atoms with E-state index in [2.05, 4.69) is 0 Å². The molecule has 0 spiro atoms. The van der Waals surface area contributed by atoms with Crippen molar-refractivity contribution in [2.24, 2.45) is 5.73 Å². The lowest BCUT2D eigenvalue weighted by Gasteiger charge is -2.15. The van der Waals surface area contributed by atoms with Crippen molar-refractivity contribution >= 4 is 23.2 Å². The lowest BCUT2D eigenvalue weighted by atomic mass is 10.0. The van der Waals surface area contributed by atoms with Gasteiger partial charge in [-0.3, -0.25) is 4.79 Å². The summed E-state index contributed by atoms with van der Waals surface area (Å²) in [6.45, 7) is 0. The van der Waals surface area contributed by atoms with Gasteiger partial charge in [0.15, 0.2) is 11.5 Å². The zero-order valence-corrected chi connectivity index (χ0v) is 15.2. The monoisotopic (exact) mass is 358 g/mol. The van der Waals surface area contributed by atoms with Crippen LogP contribution in [0.1, 0.15) is 11.1 Å². The highest BCUT2D eigenvalue weighted by atomic mass is 16.5. The van der Waals surface area contributed by atoms with Crippen LogP contribution in [-0.2, 0) is 4.79 Å². The molecule has 1 amide bonds. The summed E-state index contributed by atoms with van der Waals surface area (Å²) in [5, 5.41) is 0. The van der Waals surface area contributed by atoms with Crippen molar-refractivity contribution in [3.05, 3.63) is 41.5 Å². The summed E-state index contributed by atoms with van der Waals surface area (Å²) in [6.07, 6.45) is 1.64. The van der Waals surface area contributed by atoms with Gasteiger partial charge in [-0.1, -0.05) is 6.07 Å². The molecule has 0 heterocycles. The Hall–Kier alpha value is -3.35. The van der Waals surface area contributed by atoms with Crippen molar-refractivity contribution in [3.8, 4) is 23.0 Å². The number of carbonyl (C=O) groups is 1. The first-order valence-corrected chi connectivity index (χ1v) is 7.70. The van der Waals surface area contributed by atoms with E-state index in [0.717, 1.165) is 0 Å².